The van der Waals surface area contributed by atoms with Crippen molar-refractivity contribution in [2.24, 2.45) is 0 Å². The lowest BCUT2D eigenvalue weighted by molar-refractivity contribution is -0.0497. The predicted molar refractivity (Wildman–Crippen MR) is 105 cm³/mol. The molecule has 1 aliphatic heterocycles. The van der Waals surface area contributed by atoms with E-state index in [2.05, 4.69) is 32.4 Å². The lowest BCUT2D eigenvalue weighted by Gasteiger charge is -2.41. The smallest absolute Gasteiger partial charge is 0.387 e. The summed E-state index contributed by atoms with van der Waals surface area (Å²) >= 11 is 0. The Morgan fingerprint density at radius 2 is 2.04 bits per heavy atom. The van der Waals surface area contributed by atoms with Crippen molar-refractivity contribution in [1.82, 2.24) is 9.47 Å². The lowest BCUT2D eigenvalue weighted by Crippen LogP contribution is -2.40. The zero-order valence-corrected chi connectivity index (χ0v) is 16.0. The first-order valence-electron chi connectivity index (χ1n) is 9.68. The van der Waals surface area contributed by atoms with Crippen molar-refractivity contribution >= 4 is 16.6 Å². The molecule has 6 heteroatoms. The Morgan fingerprint density at radius 3 is 2.64 bits per heavy atom. The third kappa shape index (κ3) is 3.05. The number of fused-ring (bicyclic) bond motifs is 1. The fourth-order valence-corrected chi connectivity index (χ4v) is 4.15. The molecular formula is C22H23F2N3O. The quantitative estimate of drug-likeness (QED) is 0.688. The van der Waals surface area contributed by atoms with Gasteiger partial charge in [-0.05, 0) is 51.3 Å². The van der Waals surface area contributed by atoms with Crippen LogP contribution in [0.1, 0.15) is 50.4 Å². The van der Waals surface area contributed by atoms with Gasteiger partial charge >= 0.3 is 6.61 Å². The second-order valence-corrected chi connectivity index (χ2v) is 7.57. The molecule has 1 aromatic heterocycles. The molecule has 4 rings (SSSR count). The summed E-state index contributed by atoms with van der Waals surface area (Å²) in [5.74, 6) is 0.103. The molecule has 1 aliphatic carbocycles. The van der Waals surface area contributed by atoms with Gasteiger partial charge in [-0.1, -0.05) is 12.2 Å². The molecule has 2 aromatic rings. The van der Waals surface area contributed by atoms with E-state index in [0.717, 1.165) is 41.7 Å². The minimum atomic E-state index is -2.88. The summed E-state index contributed by atoms with van der Waals surface area (Å²) in [6.07, 6.45) is 9.75. The van der Waals surface area contributed by atoms with E-state index in [1.807, 2.05) is 19.9 Å². The van der Waals surface area contributed by atoms with Gasteiger partial charge in [-0.25, -0.2) is 0 Å². The first kappa shape index (κ1) is 18.5. The Hall–Kier alpha value is -2.81. The minimum absolute atomic E-state index is 0.0523. The van der Waals surface area contributed by atoms with Crippen LogP contribution in [0, 0.1) is 11.3 Å². The molecule has 0 bridgehead atoms. The van der Waals surface area contributed by atoms with E-state index in [9.17, 15) is 14.0 Å². The number of allylic oxidation sites excluding steroid dienone is 2. The topological polar surface area (TPSA) is 41.2 Å². The number of benzene rings is 1. The van der Waals surface area contributed by atoms with Crippen LogP contribution in [0.5, 0.6) is 5.75 Å². The second kappa shape index (κ2) is 7.31. The van der Waals surface area contributed by atoms with Crippen LogP contribution in [0.25, 0.3) is 16.6 Å². The Kier molecular flexibility index (Phi) is 4.84. The zero-order valence-electron chi connectivity index (χ0n) is 16.0. The van der Waals surface area contributed by atoms with Gasteiger partial charge in [-0.2, -0.15) is 14.0 Å². The van der Waals surface area contributed by atoms with Crippen LogP contribution < -0.4 is 4.74 Å². The molecular weight excluding hydrogens is 360 g/mol. The van der Waals surface area contributed by atoms with Gasteiger partial charge in [-0.15, -0.1) is 0 Å². The summed E-state index contributed by atoms with van der Waals surface area (Å²) in [7, 11) is 0. The van der Waals surface area contributed by atoms with Gasteiger partial charge in [0.2, 0.25) is 0 Å². The van der Waals surface area contributed by atoms with Gasteiger partial charge < -0.3 is 14.2 Å². The molecule has 2 heterocycles. The Labute approximate surface area is 163 Å². The van der Waals surface area contributed by atoms with Crippen molar-refractivity contribution < 1.29 is 13.5 Å². The van der Waals surface area contributed by atoms with Gasteiger partial charge in [0, 0.05) is 30.1 Å². The van der Waals surface area contributed by atoms with Crippen molar-refractivity contribution in [2.75, 3.05) is 6.54 Å². The number of alkyl halides is 2. The van der Waals surface area contributed by atoms with Gasteiger partial charge in [-0.3, -0.25) is 0 Å². The third-order valence-corrected chi connectivity index (χ3v) is 5.59. The summed E-state index contributed by atoms with van der Waals surface area (Å²) in [5, 5.41) is 10.7. The fourth-order valence-electron chi connectivity index (χ4n) is 4.15. The van der Waals surface area contributed by atoms with Crippen LogP contribution in [-0.4, -0.2) is 28.7 Å². The molecule has 2 aliphatic rings. The molecule has 4 nitrogen and oxygen atoms in total. The monoisotopic (exact) mass is 383 g/mol. The molecule has 1 saturated carbocycles. The molecule has 146 valence electrons. The molecule has 0 radical (unpaired) electrons. The zero-order chi connectivity index (χ0) is 19.8. The SMILES string of the molecule is CC(C)n1c(C2=CC=CCN2C2CCC2)c(C#N)c2ccc(OC(F)F)cc21. The van der Waals surface area contributed by atoms with E-state index < -0.39 is 6.61 Å². The number of hydrogen-bond acceptors (Lipinski definition) is 3. The average molecular weight is 383 g/mol. The number of nitriles is 1. The highest BCUT2D eigenvalue weighted by Crippen LogP contribution is 2.40. The van der Waals surface area contributed by atoms with E-state index >= 15 is 0 Å². The van der Waals surface area contributed by atoms with Crippen LogP contribution in [0.4, 0.5) is 8.78 Å². The number of aromatic nitrogens is 1. The van der Waals surface area contributed by atoms with Crippen molar-refractivity contribution in [3.63, 3.8) is 0 Å². The molecule has 0 spiro atoms. The Bertz CT molecular complexity index is 993. The standard InChI is InChI=1S/C22H23F2N3O/c1-14(2)27-20-12-16(28-22(23)24)9-10-17(20)18(13-25)21(27)19-8-3-4-11-26(19)15-6-5-7-15/h3-4,8-10,12,14-15,22H,5-7,11H2,1-2H3. The van der Waals surface area contributed by atoms with Crippen molar-refractivity contribution in [3.8, 4) is 11.8 Å². The number of hydrogen-bond donors (Lipinski definition) is 0. The summed E-state index contributed by atoms with van der Waals surface area (Å²) in [6.45, 7) is 2.02. The van der Waals surface area contributed by atoms with Gasteiger partial charge in [0.1, 0.15) is 11.8 Å². The van der Waals surface area contributed by atoms with Crippen LogP contribution in [0.2, 0.25) is 0 Å². The maximum atomic E-state index is 12.7. The number of halogens is 2. The second-order valence-electron chi connectivity index (χ2n) is 7.57. The highest BCUT2D eigenvalue weighted by molar-refractivity contribution is 5.94. The normalized spacial score (nSPS) is 17.2. The molecule has 0 unspecified atom stereocenters. The first-order valence-corrected chi connectivity index (χ1v) is 9.68. The van der Waals surface area contributed by atoms with Crippen LogP contribution in [-0.2, 0) is 0 Å². The number of ether oxygens (including phenoxy) is 1. The van der Waals surface area contributed by atoms with Crippen molar-refractivity contribution in [2.45, 2.75) is 51.8 Å². The first-order chi connectivity index (χ1) is 13.5. The highest BCUT2D eigenvalue weighted by atomic mass is 19.3. The summed E-state index contributed by atoms with van der Waals surface area (Å²) < 4.78 is 32.1. The van der Waals surface area contributed by atoms with Crippen molar-refractivity contribution in [1.29, 1.82) is 5.26 Å². The largest absolute Gasteiger partial charge is 0.435 e. The molecule has 0 atom stereocenters. The minimum Gasteiger partial charge on any atom is -0.435 e. The molecule has 1 fully saturated rings. The number of rotatable bonds is 5. The van der Waals surface area contributed by atoms with E-state index in [1.54, 1.807) is 12.1 Å². The summed E-state index contributed by atoms with van der Waals surface area (Å²) in [4.78, 5) is 2.37. The Morgan fingerprint density at radius 1 is 1.25 bits per heavy atom. The summed E-state index contributed by atoms with van der Waals surface area (Å²) in [5.41, 5.74) is 3.21. The maximum Gasteiger partial charge on any atom is 0.387 e. The maximum absolute atomic E-state index is 12.7. The molecule has 0 saturated heterocycles. The van der Waals surface area contributed by atoms with Gasteiger partial charge in [0.15, 0.2) is 0 Å². The summed E-state index contributed by atoms with van der Waals surface area (Å²) in [6, 6.07) is 7.72. The average Bonchev–Trinajstić information content (AvgIpc) is 2.93. The van der Waals surface area contributed by atoms with Crippen LogP contribution >= 0.6 is 0 Å². The van der Waals surface area contributed by atoms with Gasteiger partial charge in [0.05, 0.1) is 22.5 Å². The van der Waals surface area contributed by atoms with E-state index in [0.29, 0.717) is 11.6 Å². The predicted octanol–water partition coefficient (Wildman–Crippen LogP) is 5.46. The molecule has 0 N–H and O–H groups in total. The fraction of sp³-hybridized carbons (Fsp3) is 0.409. The van der Waals surface area contributed by atoms with Crippen LogP contribution in [0.15, 0.2) is 36.4 Å². The van der Waals surface area contributed by atoms with E-state index in [4.69, 9.17) is 0 Å². The van der Waals surface area contributed by atoms with Gasteiger partial charge in [0.25, 0.3) is 0 Å². The van der Waals surface area contributed by atoms with Crippen LogP contribution in [0.3, 0.4) is 0 Å². The molecule has 28 heavy (non-hydrogen) atoms. The highest BCUT2D eigenvalue weighted by Gasteiger charge is 2.31. The lowest BCUT2D eigenvalue weighted by atomic mass is 9.90. The molecule has 0 amide bonds. The molecule has 1 aromatic carbocycles. The van der Waals surface area contributed by atoms with E-state index in [1.165, 1.54) is 12.5 Å². The number of nitrogens with zero attached hydrogens (tertiary/aromatic N) is 3. The van der Waals surface area contributed by atoms with Crippen molar-refractivity contribution in [3.05, 3.63) is 47.7 Å². The Balaban J connectivity index is 1.94. The van der Waals surface area contributed by atoms with E-state index in [-0.39, 0.29) is 11.8 Å². The third-order valence-electron chi connectivity index (χ3n) is 5.59.